The van der Waals surface area contributed by atoms with Gasteiger partial charge in [-0.2, -0.15) is 0 Å². The first-order valence-electron chi connectivity index (χ1n) is 4.88. The highest BCUT2D eigenvalue weighted by molar-refractivity contribution is 5.29. The molecular formula is C11H11F4NO2. The molecule has 0 saturated carbocycles. The molecule has 0 aliphatic rings. The summed E-state index contributed by atoms with van der Waals surface area (Å²) in [5.41, 5.74) is 0.584. The van der Waals surface area contributed by atoms with Gasteiger partial charge >= 0.3 is 0 Å². The molecule has 7 heteroatoms. The molecule has 0 unspecified atom stereocenters. The van der Waals surface area contributed by atoms with Gasteiger partial charge in [0.15, 0.2) is 23.3 Å². The summed E-state index contributed by atoms with van der Waals surface area (Å²) in [6, 6.07) is 0. The fourth-order valence-electron chi connectivity index (χ4n) is 1.22. The smallest absolute Gasteiger partial charge is 0.167 e. The summed E-state index contributed by atoms with van der Waals surface area (Å²) in [6.07, 6.45) is 0. The Bertz CT molecular complexity index is 448. The largest absolute Gasteiger partial charge is 0.391 e. The summed E-state index contributed by atoms with van der Waals surface area (Å²) in [5, 5.41) is 8.62. The third kappa shape index (κ3) is 2.80. The SMILES string of the molecule is C=C(C)NOCc1c(F)c(F)c(CO)c(F)c1F. The average molecular weight is 265 g/mol. The summed E-state index contributed by atoms with van der Waals surface area (Å²) in [5.74, 6) is -6.46. The summed E-state index contributed by atoms with van der Waals surface area (Å²) in [6.45, 7) is 3.03. The highest BCUT2D eigenvalue weighted by Gasteiger charge is 2.24. The lowest BCUT2D eigenvalue weighted by Crippen LogP contribution is -2.15. The third-order valence-corrected chi connectivity index (χ3v) is 2.07. The fraction of sp³-hybridized carbons (Fsp3) is 0.273. The maximum Gasteiger partial charge on any atom is 0.167 e. The molecule has 0 bridgehead atoms. The van der Waals surface area contributed by atoms with E-state index in [2.05, 4.69) is 16.9 Å². The van der Waals surface area contributed by atoms with Crippen molar-refractivity contribution in [3.05, 3.63) is 46.7 Å². The zero-order valence-corrected chi connectivity index (χ0v) is 9.49. The molecule has 0 heterocycles. The number of nitrogens with one attached hydrogen (secondary N) is 1. The minimum atomic E-state index is -1.63. The van der Waals surface area contributed by atoms with Crippen LogP contribution in [-0.2, 0) is 18.1 Å². The van der Waals surface area contributed by atoms with E-state index in [0.29, 0.717) is 5.70 Å². The topological polar surface area (TPSA) is 41.5 Å². The molecule has 0 aromatic heterocycles. The van der Waals surface area contributed by atoms with Gasteiger partial charge in [0, 0.05) is 5.70 Å². The fourth-order valence-corrected chi connectivity index (χ4v) is 1.22. The Kier molecular flexibility index (Phi) is 4.69. The van der Waals surface area contributed by atoms with Crippen LogP contribution in [0.25, 0.3) is 0 Å². The average Bonchev–Trinajstić information content (AvgIpc) is 2.31. The van der Waals surface area contributed by atoms with Crippen LogP contribution in [0, 0.1) is 23.3 Å². The number of rotatable bonds is 5. The standard InChI is InChI=1S/C11H11F4NO2/c1-5(2)16-18-4-7-10(14)8(12)6(3-17)9(13)11(7)15/h16-17H,1,3-4H2,2H3. The number of allylic oxidation sites excluding steroid dienone is 1. The zero-order chi connectivity index (χ0) is 13.9. The van der Waals surface area contributed by atoms with Crippen molar-refractivity contribution >= 4 is 0 Å². The molecule has 1 rings (SSSR count). The Morgan fingerprint density at radius 2 is 1.56 bits per heavy atom. The highest BCUT2D eigenvalue weighted by atomic mass is 19.2. The molecule has 0 atom stereocenters. The van der Waals surface area contributed by atoms with Crippen LogP contribution < -0.4 is 5.48 Å². The van der Waals surface area contributed by atoms with E-state index in [0.717, 1.165) is 0 Å². The van der Waals surface area contributed by atoms with Crippen molar-refractivity contribution in [2.24, 2.45) is 0 Å². The molecule has 3 nitrogen and oxygen atoms in total. The monoisotopic (exact) mass is 265 g/mol. The Balaban J connectivity index is 3.09. The second kappa shape index (κ2) is 5.83. The van der Waals surface area contributed by atoms with Crippen LogP contribution >= 0.6 is 0 Å². The van der Waals surface area contributed by atoms with Crippen molar-refractivity contribution in [1.29, 1.82) is 0 Å². The molecule has 2 N–H and O–H groups in total. The van der Waals surface area contributed by atoms with E-state index >= 15 is 0 Å². The first-order valence-corrected chi connectivity index (χ1v) is 4.88. The van der Waals surface area contributed by atoms with Gasteiger partial charge in [0.25, 0.3) is 0 Å². The van der Waals surface area contributed by atoms with Crippen molar-refractivity contribution in [1.82, 2.24) is 5.48 Å². The molecule has 0 aliphatic heterocycles. The molecule has 0 spiro atoms. The van der Waals surface area contributed by atoms with Crippen LogP contribution in [0.15, 0.2) is 12.3 Å². The molecule has 0 aliphatic carbocycles. The Morgan fingerprint density at radius 3 is 1.94 bits per heavy atom. The van der Waals surface area contributed by atoms with Gasteiger partial charge < -0.3 is 5.11 Å². The maximum absolute atomic E-state index is 13.4. The van der Waals surface area contributed by atoms with Gasteiger partial charge in [0.2, 0.25) is 0 Å². The Hall–Kier alpha value is -1.60. The number of hydrogen-bond acceptors (Lipinski definition) is 3. The van der Waals surface area contributed by atoms with Crippen LogP contribution in [0.5, 0.6) is 0 Å². The molecule has 1 aromatic carbocycles. The first-order chi connectivity index (χ1) is 8.40. The normalized spacial score (nSPS) is 10.6. The number of aliphatic hydroxyl groups is 1. The highest BCUT2D eigenvalue weighted by Crippen LogP contribution is 2.24. The molecule has 18 heavy (non-hydrogen) atoms. The number of aliphatic hydroxyl groups excluding tert-OH is 1. The quantitative estimate of drug-likeness (QED) is 0.487. The molecule has 0 fully saturated rings. The minimum Gasteiger partial charge on any atom is -0.391 e. The predicted molar refractivity (Wildman–Crippen MR) is 54.9 cm³/mol. The van der Waals surface area contributed by atoms with E-state index < -0.39 is 47.6 Å². The van der Waals surface area contributed by atoms with Gasteiger partial charge in [-0.25, -0.2) is 17.6 Å². The maximum atomic E-state index is 13.4. The van der Waals surface area contributed by atoms with Crippen molar-refractivity contribution < 1.29 is 27.5 Å². The summed E-state index contributed by atoms with van der Waals surface area (Å²) >= 11 is 0. The molecule has 100 valence electrons. The van der Waals surface area contributed by atoms with Crippen molar-refractivity contribution in [2.45, 2.75) is 20.1 Å². The lowest BCUT2D eigenvalue weighted by Gasteiger charge is -2.11. The van der Waals surface area contributed by atoms with Crippen molar-refractivity contribution in [3.8, 4) is 0 Å². The van der Waals surface area contributed by atoms with Crippen LogP contribution in [-0.4, -0.2) is 5.11 Å². The van der Waals surface area contributed by atoms with Gasteiger partial charge in [-0.15, -0.1) is 0 Å². The molecule has 0 saturated heterocycles. The van der Waals surface area contributed by atoms with Crippen molar-refractivity contribution in [2.75, 3.05) is 0 Å². The molecule has 0 amide bonds. The van der Waals surface area contributed by atoms with E-state index in [9.17, 15) is 17.6 Å². The summed E-state index contributed by atoms with van der Waals surface area (Å²) in [7, 11) is 0. The van der Waals surface area contributed by atoms with Gasteiger partial charge in [0.1, 0.15) is 6.61 Å². The number of hydrogen-bond donors (Lipinski definition) is 2. The predicted octanol–water partition coefficient (Wildman–Crippen LogP) is 2.29. The van der Waals surface area contributed by atoms with Crippen molar-refractivity contribution in [3.63, 3.8) is 0 Å². The summed E-state index contributed by atoms with van der Waals surface area (Å²) in [4.78, 5) is 4.60. The Morgan fingerprint density at radius 1 is 1.11 bits per heavy atom. The summed E-state index contributed by atoms with van der Waals surface area (Å²) < 4.78 is 53.3. The number of halogens is 4. The van der Waals surface area contributed by atoms with E-state index in [-0.39, 0.29) is 0 Å². The van der Waals surface area contributed by atoms with E-state index in [1.54, 1.807) is 0 Å². The van der Waals surface area contributed by atoms with Gasteiger partial charge in [0.05, 0.1) is 17.7 Å². The lowest BCUT2D eigenvalue weighted by molar-refractivity contribution is 0.0451. The third-order valence-electron chi connectivity index (χ3n) is 2.07. The lowest BCUT2D eigenvalue weighted by atomic mass is 10.1. The van der Waals surface area contributed by atoms with Gasteiger partial charge in [-0.3, -0.25) is 10.3 Å². The van der Waals surface area contributed by atoms with E-state index in [1.165, 1.54) is 6.92 Å². The van der Waals surface area contributed by atoms with Crippen LogP contribution in [0.3, 0.4) is 0 Å². The first kappa shape index (κ1) is 14.5. The van der Waals surface area contributed by atoms with Crippen LogP contribution in [0.2, 0.25) is 0 Å². The van der Waals surface area contributed by atoms with Gasteiger partial charge in [-0.05, 0) is 6.92 Å². The second-order valence-electron chi connectivity index (χ2n) is 3.54. The van der Waals surface area contributed by atoms with Crippen LogP contribution in [0.1, 0.15) is 18.1 Å². The van der Waals surface area contributed by atoms with Crippen LogP contribution in [0.4, 0.5) is 17.6 Å². The zero-order valence-electron chi connectivity index (χ0n) is 9.49. The second-order valence-corrected chi connectivity index (χ2v) is 3.54. The number of benzene rings is 1. The molecule has 1 aromatic rings. The Labute approximate surface area is 101 Å². The van der Waals surface area contributed by atoms with E-state index in [4.69, 9.17) is 5.11 Å². The molecular weight excluding hydrogens is 254 g/mol. The minimum absolute atomic E-state index is 0.351. The van der Waals surface area contributed by atoms with Gasteiger partial charge in [-0.1, -0.05) is 6.58 Å². The van der Waals surface area contributed by atoms with E-state index in [1.807, 2.05) is 0 Å². The number of hydroxylamine groups is 1. The molecule has 0 radical (unpaired) electrons.